The molecule has 2 N–H and O–H groups in total. The van der Waals surface area contributed by atoms with E-state index in [0.29, 0.717) is 5.75 Å². The molecule has 90 valence electrons. The van der Waals surface area contributed by atoms with Crippen molar-refractivity contribution in [2.75, 3.05) is 12.8 Å². The number of rotatable bonds is 4. The number of tetrazole rings is 1. The Balaban J connectivity index is 2.13. The zero-order chi connectivity index (χ0) is 12.3. The van der Waals surface area contributed by atoms with Crippen LogP contribution in [0.15, 0.2) is 23.4 Å². The van der Waals surface area contributed by atoms with Gasteiger partial charge in [-0.25, -0.2) is 4.68 Å². The number of thioether (sulfide) groups is 1. The van der Waals surface area contributed by atoms with Crippen LogP contribution in [0, 0.1) is 0 Å². The molecule has 0 atom stereocenters. The van der Waals surface area contributed by atoms with Gasteiger partial charge in [-0.2, -0.15) is 0 Å². The molecule has 1 heterocycles. The molecule has 0 unspecified atom stereocenters. The second kappa shape index (κ2) is 5.05. The van der Waals surface area contributed by atoms with E-state index < -0.39 is 0 Å². The first-order valence-corrected chi connectivity index (χ1v) is 5.97. The van der Waals surface area contributed by atoms with Crippen LogP contribution in [-0.2, 0) is 12.8 Å². The van der Waals surface area contributed by atoms with E-state index in [1.807, 2.05) is 18.2 Å². The summed E-state index contributed by atoms with van der Waals surface area (Å²) in [5.74, 6) is 1.53. The molecule has 0 amide bonds. The number of nitrogens with zero attached hydrogens (tertiary/aromatic N) is 4. The Morgan fingerprint density at radius 3 is 2.94 bits per heavy atom. The van der Waals surface area contributed by atoms with Gasteiger partial charge in [0.05, 0.1) is 7.11 Å². The Morgan fingerprint density at radius 2 is 2.29 bits per heavy atom. The third-order valence-electron chi connectivity index (χ3n) is 2.24. The Hall–Kier alpha value is -1.76. The summed E-state index contributed by atoms with van der Waals surface area (Å²) in [7, 11) is 3.45. The highest BCUT2D eigenvalue weighted by molar-refractivity contribution is 7.98. The molecule has 0 fully saturated rings. The van der Waals surface area contributed by atoms with E-state index in [-0.39, 0.29) is 0 Å². The summed E-state index contributed by atoms with van der Waals surface area (Å²) in [6.45, 7) is 0. The molecule has 0 radical (unpaired) electrons. The van der Waals surface area contributed by atoms with Crippen LogP contribution in [0.3, 0.4) is 0 Å². The maximum absolute atomic E-state index is 5.75. The van der Waals surface area contributed by atoms with Gasteiger partial charge in [0, 0.05) is 24.1 Å². The molecule has 1 aromatic carbocycles. The highest BCUT2D eigenvalue weighted by Crippen LogP contribution is 2.27. The highest BCUT2D eigenvalue weighted by Gasteiger charge is 2.07. The van der Waals surface area contributed by atoms with E-state index in [0.717, 1.165) is 22.2 Å². The summed E-state index contributed by atoms with van der Waals surface area (Å²) in [5, 5.41) is 12.0. The lowest BCUT2D eigenvalue weighted by Gasteiger charge is -2.08. The van der Waals surface area contributed by atoms with Crippen LogP contribution in [0.4, 0.5) is 5.69 Å². The van der Waals surface area contributed by atoms with Gasteiger partial charge in [-0.3, -0.25) is 0 Å². The molecule has 0 saturated heterocycles. The zero-order valence-corrected chi connectivity index (χ0v) is 10.4. The number of ether oxygens (including phenoxy) is 1. The van der Waals surface area contributed by atoms with Gasteiger partial charge in [-0.1, -0.05) is 11.8 Å². The minimum atomic E-state index is 0.711. The van der Waals surface area contributed by atoms with Crippen molar-refractivity contribution < 1.29 is 4.74 Å². The number of benzene rings is 1. The molecular formula is C10H13N5OS. The first kappa shape index (κ1) is 11.7. The summed E-state index contributed by atoms with van der Waals surface area (Å²) in [4.78, 5) is 0. The van der Waals surface area contributed by atoms with Gasteiger partial charge < -0.3 is 10.5 Å². The summed E-state index contributed by atoms with van der Waals surface area (Å²) in [5.41, 5.74) is 7.50. The zero-order valence-electron chi connectivity index (χ0n) is 9.62. The smallest absolute Gasteiger partial charge is 0.209 e. The molecule has 17 heavy (non-hydrogen) atoms. The predicted octanol–water partition coefficient (Wildman–Crippen LogP) is 1.09. The van der Waals surface area contributed by atoms with Gasteiger partial charge in [-0.15, -0.1) is 5.10 Å². The van der Waals surface area contributed by atoms with E-state index in [2.05, 4.69) is 15.5 Å². The lowest BCUT2D eigenvalue weighted by atomic mass is 10.2. The van der Waals surface area contributed by atoms with Crippen molar-refractivity contribution in [3.63, 3.8) is 0 Å². The van der Waals surface area contributed by atoms with Crippen molar-refractivity contribution in [2.45, 2.75) is 10.9 Å². The van der Waals surface area contributed by atoms with E-state index in [1.165, 1.54) is 11.8 Å². The second-order valence-electron chi connectivity index (χ2n) is 3.45. The van der Waals surface area contributed by atoms with Gasteiger partial charge in [0.15, 0.2) is 0 Å². The summed E-state index contributed by atoms with van der Waals surface area (Å²) in [6, 6.07) is 5.58. The first-order valence-electron chi connectivity index (χ1n) is 4.98. The van der Waals surface area contributed by atoms with Crippen LogP contribution in [-0.4, -0.2) is 27.3 Å². The maximum atomic E-state index is 5.75. The fraction of sp³-hybridized carbons (Fsp3) is 0.300. The van der Waals surface area contributed by atoms with Crippen molar-refractivity contribution in [1.29, 1.82) is 0 Å². The van der Waals surface area contributed by atoms with Crippen LogP contribution >= 0.6 is 11.8 Å². The number of aryl methyl sites for hydroxylation is 1. The lowest BCUT2D eigenvalue weighted by molar-refractivity contribution is 0.411. The Bertz CT molecular complexity index is 513. The predicted molar refractivity (Wildman–Crippen MR) is 65.8 cm³/mol. The van der Waals surface area contributed by atoms with Gasteiger partial charge in [0.1, 0.15) is 5.75 Å². The van der Waals surface area contributed by atoms with Gasteiger partial charge in [0.25, 0.3) is 0 Å². The number of nitrogens with two attached hydrogens (primary N) is 1. The minimum Gasteiger partial charge on any atom is -0.496 e. The average molecular weight is 251 g/mol. The molecule has 1 aromatic heterocycles. The van der Waals surface area contributed by atoms with E-state index in [4.69, 9.17) is 10.5 Å². The van der Waals surface area contributed by atoms with Crippen LogP contribution in [0.1, 0.15) is 5.56 Å². The number of anilines is 1. The topological polar surface area (TPSA) is 78.8 Å². The molecule has 0 bridgehead atoms. The number of aromatic nitrogens is 4. The quantitative estimate of drug-likeness (QED) is 0.647. The van der Waals surface area contributed by atoms with Crippen molar-refractivity contribution in [2.24, 2.45) is 7.05 Å². The fourth-order valence-electron chi connectivity index (χ4n) is 1.40. The summed E-state index contributed by atoms with van der Waals surface area (Å²) >= 11 is 1.54. The SMILES string of the molecule is COc1ccc(N)cc1CSc1nnnn1C. The first-order chi connectivity index (χ1) is 8.20. The van der Waals surface area contributed by atoms with Crippen LogP contribution < -0.4 is 10.5 Å². The third-order valence-corrected chi connectivity index (χ3v) is 3.30. The average Bonchev–Trinajstić information content (AvgIpc) is 2.72. The third kappa shape index (κ3) is 2.68. The number of methoxy groups -OCH3 is 1. The maximum Gasteiger partial charge on any atom is 0.209 e. The largest absolute Gasteiger partial charge is 0.496 e. The Kier molecular flexibility index (Phi) is 3.48. The fourth-order valence-corrected chi connectivity index (χ4v) is 2.22. The normalized spacial score (nSPS) is 10.5. The van der Waals surface area contributed by atoms with E-state index in [1.54, 1.807) is 18.8 Å². The lowest BCUT2D eigenvalue weighted by Crippen LogP contribution is -1.96. The van der Waals surface area contributed by atoms with Crippen molar-refractivity contribution in [1.82, 2.24) is 20.2 Å². The molecule has 6 nitrogen and oxygen atoms in total. The van der Waals surface area contributed by atoms with Crippen LogP contribution in [0.5, 0.6) is 5.75 Å². The van der Waals surface area contributed by atoms with Gasteiger partial charge >= 0.3 is 0 Å². The van der Waals surface area contributed by atoms with Crippen LogP contribution in [0.2, 0.25) is 0 Å². The standard InChI is InChI=1S/C10H13N5OS/c1-15-10(12-13-14-15)17-6-7-5-8(11)3-4-9(7)16-2/h3-5H,6,11H2,1-2H3. The minimum absolute atomic E-state index is 0.711. The molecule has 0 aliphatic carbocycles. The summed E-state index contributed by atoms with van der Waals surface area (Å²) < 4.78 is 6.90. The highest BCUT2D eigenvalue weighted by atomic mass is 32.2. The van der Waals surface area contributed by atoms with Crippen molar-refractivity contribution in [3.05, 3.63) is 23.8 Å². The molecule has 2 aromatic rings. The second-order valence-corrected chi connectivity index (χ2v) is 4.39. The Morgan fingerprint density at radius 1 is 1.47 bits per heavy atom. The Labute approximate surface area is 103 Å². The summed E-state index contributed by atoms with van der Waals surface area (Å²) in [6.07, 6.45) is 0. The van der Waals surface area contributed by atoms with Crippen molar-refractivity contribution >= 4 is 17.4 Å². The number of hydrogen-bond acceptors (Lipinski definition) is 6. The van der Waals surface area contributed by atoms with Gasteiger partial charge in [0.2, 0.25) is 5.16 Å². The molecule has 2 rings (SSSR count). The monoisotopic (exact) mass is 251 g/mol. The number of nitrogen functional groups attached to an aromatic ring is 1. The van der Waals surface area contributed by atoms with Crippen molar-refractivity contribution in [3.8, 4) is 5.75 Å². The molecule has 0 aliphatic heterocycles. The molecular weight excluding hydrogens is 238 g/mol. The molecule has 0 spiro atoms. The molecule has 0 aliphatic rings. The van der Waals surface area contributed by atoms with Gasteiger partial charge in [-0.05, 0) is 28.6 Å². The number of hydrogen-bond donors (Lipinski definition) is 1. The van der Waals surface area contributed by atoms with E-state index >= 15 is 0 Å². The molecule has 0 saturated carbocycles. The molecule has 7 heteroatoms. The van der Waals surface area contributed by atoms with E-state index in [9.17, 15) is 0 Å². The van der Waals surface area contributed by atoms with Crippen LogP contribution in [0.25, 0.3) is 0 Å².